The second-order valence-electron chi connectivity index (χ2n) is 17.4. The van der Waals surface area contributed by atoms with E-state index >= 15 is 0 Å². The van der Waals surface area contributed by atoms with Crippen molar-refractivity contribution in [3.63, 3.8) is 0 Å². The van der Waals surface area contributed by atoms with E-state index in [2.05, 4.69) is 32.5 Å². The maximum absolute atomic E-state index is 14.4. The number of carbonyl (C=O) groups is 7. The molecular weight excluding hydrogens is 817 g/mol. The van der Waals surface area contributed by atoms with Crippen molar-refractivity contribution >= 4 is 41.3 Å². The fourth-order valence-corrected chi connectivity index (χ4v) is 7.25. The third-order valence-corrected chi connectivity index (χ3v) is 11.0. The Morgan fingerprint density at radius 1 is 0.734 bits per heavy atom. The topological polar surface area (TPSA) is 201 Å². The van der Waals surface area contributed by atoms with Gasteiger partial charge in [-0.1, -0.05) is 95.3 Å². The maximum Gasteiger partial charge on any atom is 0.307 e. The lowest BCUT2D eigenvalue weighted by Crippen LogP contribution is -2.60. The number of hydrogen-bond donors (Lipinski definition) is 5. The Bertz CT molecular complexity index is 1860. The number of ether oxygens (including phenoxy) is 2. The van der Waals surface area contributed by atoms with E-state index in [9.17, 15) is 33.6 Å². The molecule has 1 saturated heterocycles. The van der Waals surface area contributed by atoms with E-state index in [1.807, 2.05) is 93.3 Å². The summed E-state index contributed by atoms with van der Waals surface area (Å²) in [6.45, 7) is 13.4. The molecule has 1 fully saturated rings. The molecule has 5 atom stereocenters. The van der Waals surface area contributed by atoms with Crippen LogP contribution in [0.2, 0.25) is 0 Å². The summed E-state index contributed by atoms with van der Waals surface area (Å²) < 4.78 is 11.1. The van der Waals surface area contributed by atoms with Gasteiger partial charge in [-0.3, -0.25) is 38.5 Å². The molecular formula is C49H70N6O9. The van der Waals surface area contributed by atoms with Gasteiger partial charge in [0.2, 0.25) is 29.5 Å². The van der Waals surface area contributed by atoms with Crippen LogP contribution in [0.5, 0.6) is 0 Å². The summed E-state index contributed by atoms with van der Waals surface area (Å²) in [5.41, 5.74) is 0.0832. The Morgan fingerprint density at radius 3 is 1.88 bits per heavy atom. The Hall–Kier alpha value is -5.59. The molecule has 0 unspecified atom stereocenters. The number of nitrogens with zero attached hydrogens (tertiary/aromatic N) is 1. The normalized spacial score (nSPS) is 15.6. The monoisotopic (exact) mass is 887 g/mol. The molecule has 1 aliphatic heterocycles. The average Bonchev–Trinajstić information content (AvgIpc) is 3.26. The van der Waals surface area contributed by atoms with Gasteiger partial charge in [-0.15, -0.1) is 12.3 Å². The third kappa shape index (κ3) is 19.0. The number of ketones is 1. The van der Waals surface area contributed by atoms with Crippen molar-refractivity contribution in [1.29, 1.82) is 0 Å². The predicted molar refractivity (Wildman–Crippen MR) is 244 cm³/mol. The van der Waals surface area contributed by atoms with Crippen molar-refractivity contribution in [2.45, 2.75) is 129 Å². The zero-order chi connectivity index (χ0) is 47.1. The number of hydrogen-bond acceptors (Lipinski definition) is 10. The summed E-state index contributed by atoms with van der Waals surface area (Å²) in [5.74, 6) is -1.46. The van der Waals surface area contributed by atoms with E-state index in [1.54, 1.807) is 6.92 Å². The van der Waals surface area contributed by atoms with Gasteiger partial charge in [0.05, 0.1) is 32.2 Å². The molecule has 5 amide bonds. The Labute approximate surface area is 379 Å². The molecule has 0 aromatic heterocycles. The van der Waals surface area contributed by atoms with Crippen LogP contribution in [0.25, 0.3) is 0 Å². The van der Waals surface area contributed by atoms with Gasteiger partial charge in [0.1, 0.15) is 18.1 Å². The van der Waals surface area contributed by atoms with Crippen molar-refractivity contribution in [2.24, 2.45) is 11.8 Å². The lowest BCUT2D eigenvalue weighted by atomic mass is 9.87. The molecule has 0 spiro atoms. The second kappa shape index (κ2) is 27.6. The van der Waals surface area contributed by atoms with Crippen molar-refractivity contribution < 1.29 is 43.0 Å². The van der Waals surface area contributed by atoms with Crippen LogP contribution >= 0.6 is 0 Å². The number of rotatable bonds is 27. The minimum atomic E-state index is -1.64. The first-order chi connectivity index (χ1) is 30.5. The number of carbonyl (C=O) groups excluding carboxylic acids is 7. The van der Waals surface area contributed by atoms with Crippen LogP contribution in [-0.4, -0.2) is 115 Å². The van der Waals surface area contributed by atoms with Crippen LogP contribution in [0.4, 0.5) is 0 Å². The highest BCUT2D eigenvalue weighted by molar-refractivity contribution is 5.98. The molecule has 350 valence electrons. The molecule has 0 saturated carbocycles. The second-order valence-corrected chi connectivity index (χ2v) is 17.4. The minimum Gasteiger partial charge on any atom is -0.451 e. The summed E-state index contributed by atoms with van der Waals surface area (Å²) in [6, 6.07) is 14.3. The SMILES string of the molecule is C#CCCNC(=O)CCC(=O)O[C@](C)(CC)C(=O)[C@H](CC(C)C)NC(=O)[C@H](Cc1ccccc1)NC(=O)[C@H](CC(C)C)NC(=O)[C@H](CCc1ccccc1)NC(=O)CN1CCOCC1. The van der Waals surface area contributed by atoms with Crippen LogP contribution in [0, 0.1) is 24.2 Å². The molecule has 1 heterocycles. The fraction of sp³-hybridized carbons (Fsp3) is 0.571. The number of benzene rings is 2. The number of aryl methyl sites for hydroxylation is 1. The van der Waals surface area contributed by atoms with Gasteiger partial charge in [0, 0.05) is 38.9 Å². The van der Waals surface area contributed by atoms with Gasteiger partial charge in [0.25, 0.3) is 0 Å². The van der Waals surface area contributed by atoms with Crippen LogP contribution in [0.1, 0.15) is 97.6 Å². The average molecular weight is 887 g/mol. The molecule has 1 aliphatic rings. The molecule has 0 aliphatic carbocycles. The highest BCUT2D eigenvalue weighted by atomic mass is 16.6. The summed E-state index contributed by atoms with van der Waals surface area (Å²) in [7, 11) is 0. The maximum atomic E-state index is 14.4. The Balaban J connectivity index is 1.84. The van der Waals surface area contributed by atoms with Gasteiger partial charge in [-0.2, -0.15) is 0 Å². The molecule has 5 N–H and O–H groups in total. The first-order valence-electron chi connectivity index (χ1n) is 22.6. The lowest BCUT2D eigenvalue weighted by Gasteiger charge is -2.33. The highest BCUT2D eigenvalue weighted by Crippen LogP contribution is 2.23. The van der Waals surface area contributed by atoms with Gasteiger partial charge < -0.3 is 36.1 Å². The molecule has 3 rings (SSSR count). The van der Waals surface area contributed by atoms with Crippen LogP contribution in [0.3, 0.4) is 0 Å². The number of Topliss-reactive ketones (excluding diaryl/α,β-unsaturated/α-hetero) is 1. The van der Waals surface area contributed by atoms with E-state index in [-0.39, 0.29) is 81.7 Å². The molecule has 0 radical (unpaired) electrons. The van der Waals surface area contributed by atoms with E-state index in [1.165, 1.54) is 6.92 Å². The van der Waals surface area contributed by atoms with Crippen molar-refractivity contribution in [2.75, 3.05) is 39.4 Å². The first kappa shape index (κ1) is 52.8. The van der Waals surface area contributed by atoms with Crippen molar-refractivity contribution in [3.8, 4) is 12.3 Å². The molecule has 2 aromatic rings. The lowest BCUT2D eigenvalue weighted by molar-refractivity contribution is -0.168. The number of esters is 1. The smallest absolute Gasteiger partial charge is 0.307 e. The summed E-state index contributed by atoms with van der Waals surface area (Å²) in [5, 5.41) is 14.2. The standard InChI is InChI=1S/C49H70N6O9/c1-8-10-25-50-42(56)23-24-44(58)64-49(7,9-2)45(59)39(30-34(3)4)52-48(62)41(32-37-19-15-12-16-20-37)54-47(61)40(31-35(5)6)53-46(60)38(22-21-36-17-13-11-14-18-36)51-43(57)33-55-26-28-63-29-27-55/h1,11-20,34-35,38-41H,9-10,21-33H2,2-7H3,(H,50,56)(H,51,57)(H,52,62)(H,53,60)(H,54,61)/t38-,39-,40-,41-,49+/m0/s1. The summed E-state index contributed by atoms with van der Waals surface area (Å²) >= 11 is 0. The molecule has 0 bridgehead atoms. The minimum absolute atomic E-state index is 0.0542. The van der Waals surface area contributed by atoms with E-state index in [0.717, 1.165) is 11.1 Å². The Kier molecular flexibility index (Phi) is 22.7. The largest absolute Gasteiger partial charge is 0.451 e. The van der Waals surface area contributed by atoms with Crippen molar-refractivity contribution in [3.05, 3.63) is 71.8 Å². The van der Waals surface area contributed by atoms with Crippen molar-refractivity contribution in [1.82, 2.24) is 31.5 Å². The molecule has 15 heteroatoms. The Morgan fingerprint density at radius 2 is 1.28 bits per heavy atom. The first-order valence-corrected chi connectivity index (χ1v) is 22.6. The van der Waals surface area contributed by atoms with Gasteiger partial charge in [-0.05, 0) is 62.0 Å². The molecule has 15 nitrogen and oxygen atoms in total. The van der Waals surface area contributed by atoms with Gasteiger partial charge in [-0.25, -0.2) is 0 Å². The molecule has 2 aromatic carbocycles. The zero-order valence-electron chi connectivity index (χ0n) is 38.5. The van der Waals surface area contributed by atoms with E-state index in [4.69, 9.17) is 15.9 Å². The third-order valence-electron chi connectivity index (χ3n) is 11.0. The number of amides is 5. The van der Waals surface area contributed by atoms with Gasteiger partial charge >= 0.3 is 5.97 Å². The highest BCUT2D eigenvalue weighted by Gasteiger charge is 2.42. The van der Waals surface area contributed by atoms with Crippen LogP contribution < -0.4 is 26.6 Å². The van der Waals surface area contributed by atoms with Crippen LogP contribution in [0.15, 0.2) is 60.7 Å². The fourth-order valence-electron chi connectivity index (χ4n) is 7.25. The van der Waals surface area contributed by atoms with E-state index < -0.39 is 59.2 Å². The summed E-state index contributed by atoms with van der Waals surface area (Å²) in [6.07, 6.45) is 6.52. The predicted octanol–water partition coefficient (Wildman–Crippen LogP) is 3.43. The number of morpholine rings is 1. The summed E-state index contributed by atoms with van der Waals surface area (Å²) in [4.78, 5) is 97.6. The number of nitrogens with one attached hydrogen (secondary N) is 5. The number of terminal acetylenes is 1. The quantitative estimate of drug-likeness (QED) is 0.0503. The van der Waals surface area contributed by atoms with Crippen LogP contribution in [-0.2, 0) is 55.9 Å². The molecule has 64 heavy (non-hydrogen) atoms. The van der Waals surface area contributed by atoms with E-state index in [0.29, 0.717) is 39.1 Å². The van der Waals surface area contributed by atoms with Gasteiger partial charge in [0.15, 0.2) is 11.4 Å². The zero-order valence-corrected chi connectivity index (χ0v) is 38.5.